The van der Waals surface area contributed by atoms with E-state index in [4.69, 9.17) is 9.15 Å². The van der Waals surface area contributed by atoms with Crippen LogP contribution in [0.1, 0.15) is 23.8 Å². The molecule has 0 aliphatic carbocycles. The minimum Gasteiger partial charge on any atom is -0.504 e. The van der Waals surface area contributed by atoms with Crippen molar-refractivity contribution in [2.24, 2.45) is 10.2 Å². The van der Waals surface area contributed by atoms with Crippen molar-refractivity contribution in [3.05, 3.63) is 92.8 Å². The highest BCUT2D eigenvalue weighted by Crippen LogP contribution is 2.34. The van der Waals surface area contributed by atoms with Gasteiger partial charge in [0.25, 0.3) is 11.6 Å². The SMILES string of the molecule is CCOc1cc(/C=N\N=C2\S/C(=C\c3ccc([N+](=O)[O-])cc3)C(=O)N2Cc2ccco2)ccc1O. The molecule has 10 nitrogen and oxygen atoms in total. The molecule has 35 heavy (non-hydrogen) atoms. The van der Waals surface area contributed by atoms with Gasteiger partial charge >= 0.3 is 0 Å². The van der Waals surface area contributed by atoms with Gasteiger partial charge < -0.3 is 14.3 Å². The molecule has 0 radical (unpaired) electrons. The van der Waals surface area contributed by atoms with Crippen LogP contribution >= 0.6 is 11.8 Å². The predicted octanol–water partition coefficient (Wildman–Crippen LogP) is 4.80. The summed E-state index contributed by atoms with van der Waals surface area (Å²) < 4.78 is 10.8. The minimum absolute atomic E-state index is 0.0258. The quantitative estimate of drug-likeness (QED) is 0.207. The maximum Gasteiger partial charge on any atom is 0.269 e. The van der Waals surface area contributed by atoms with Gasteiger partial charge in [-0.25, -0.2) is 0 Å². The van der Waals surface area contributed by atoms with Crippen LogP contribution < -0.4 is 4.74 Å². The van der Waals surface area contributed by atoms with Gasteiger partial charge in [-0.1, -0.05) is 0 Å². The summed E-state index contributed by atoms with van der Waals surface area (Å²) in [4.78, 5) is 25.4. The van der Waals surface area contributed by atoms with Crippen LogP contribution in [0.2, 0.25) is 0 Å². The number of phenolic OH excluding ortho intramolecular Hbond substituents is 1. The lowest BCUT2D eigenvalue weighted by molar-refractivity contribution is -0.384. The Labute approximate surface area is 204 Å². The van der Waals surface area contributed by atoms with E-state index in [1.165, 1.54) is 35.6 Å². The second-order valence-corrected chi connectivity index (χ2v) is 8.23. The first-order valence-corrected chi connectivity index (χ1v) is 11.3. The molecule has 178 valence electrons. The number of rotatable bonds is 8. The average Bonchev–Trinajstić information content (AvgIpc) is 3.46. The molecule has 1 aliphatic heterocycles. The molecule has 0 atom stereocenters. The fraction of sp³-hybridized carbons (Fsp3) is 0.125. The Bertz CT molecular complexity index is 1320. The zero-order valence-electron chi connectivity index (χ0n) is 18.5. The number of thioether (sulfide) groups is 1. The third-order valence-corrected chi connectivity index (χ3v) is 5.81. The number of phenols is 1. The van der Waals surface area contributed by atoms with Crippen molar-refractivity contribution in [2.75, 3.05) is 6.61 Å². The molecular formula is C24H20N4O6S. The maximum absolute atomic E-state index is 13.1. The van der Waals surface area contributed by atoms with Gasteiger partial charge in [-0.05, 0) is 78.4 Å². The van der Waals surface area contributed by atoms with Crippen LogP contribution in [-0.4, -0.2) is 38.8 Å². The number of non-ortho nitro benzene ring substituents is 1. The van der Waals surface area contributed by atoms with E-state index in [1.54, 1.807) is 42.5 Å². The number of ether oxygens (including phenoxy) is 1. The number of nitro groups is 1. The van der Waals surface area contributed by atoms with Gasteiger partial charge in [-0.3, -0.25) is 19.8 Å². The third-order valence-electron chi connectivity index (χ3n) is 4.82. The second-order valence-electron chi connectivity index (χ2n) is 7.22. The van der Waals surface area contributed by atoms with Crippen LogP contribution in [-0.2, 0) is 11.3 Å². The Kier molecular flexibility index (Phi) is 7.27. The number of furan rings is 1. The van der Waals surface area contributed by atoms with Gasteiger partial charge in [0.15, 0.2) is 16.7 Å². The van der Waals surface area contributed by atoms with Gasteiger partial charge in [0.2, 0.25) is 0 Å². The second kappa shape index (κ2) is 10.7. The Balaban J connectivity index is 1.60. The molecule has 4 rings (SSSR count). The van der Waals surface area contributed by atoms with Crippen molar-refractivity contribution in [1.29, 1.82) is 0 Å². The molecule has 2 heterocycles. The van der Waals surface area contributed by atoms with Gasteiger partial charge in [0, 0.05) is 12.1 Å². The minimum atomic E-state index is -0.480. The average molecular weight is 493 g/mol. The number of carbonyl (C=O) groups is 1. The van der Waals surface area contributed by atoms with Crippen molar-refractivity contribution in [2.45, 2.75) is 13.5 Å². The number of nitrogens with zero attached hydrogens (tertiary/aromatic N) is 4. The van der Waals surface area contributed by atoms with E-state index in [0.29, 0.717) is 39.3 Å². The first-order valence-electron chi connectivity index (χ1n) is 10.5. The molecule has 0 saturated carbocycles. The summed E-state index contributed by atoms with van der Waals surface area (Å²) in [5, 5.41) is 29.4. The zero-order chi connectivity index (χ0) is 24.8. The molecule has 0 spiro atoms. The number of nitro benzene ring substituents is 1. The largest absolute Gasteiger partial charge is 0.504 e. The predicted molar refractivity (Wildman–Crippen MR) is 132 cm³/mol. The van der Waals surface area contributed by atoms with Crippen molar-refractivity contribution in [1.82, 2.24) is 4.90 Å². The molecule has 2 aromatic carbocycles. The lowest BCUT2D eigenvalue weighted by Crippen LogP contribution is -2.28. The van der Waals surface area contributed by atoms with E-state index in [9.17, 15) is 20.0 Å². The summed E-state index contributed by atoms with van der Waals surface area (Å²) in [7, 11) is 0. The maximum atomic E-state index is 13.1. The Morgan fingerprint density at radius 1 is 1.20 bits per heavy atom. The normalized spacial score (nSPS) is 16.0. The molecule has 1 amide bonds. The van der Waals surface area contributed by atoms with Crippen LogP contribution in [0, 0.1) is 10.1 Å². The summed E-state index contributed by atoms with van der Waals surface area (Å²) in [6.45, 7) is 2.38. The van der Waals surface area contributed by atoms with Crippen LogP contribution in [0.25, 0.3) is 6.08 Å². The first kappa shape index (κ1) is 23.8. The molecule has 1 aromatic heterocycles. The number of amides is 1. The summed E-state index contributed by atoms with van der Waals surface area (Å²) in [5.74, 6) is 0.647. The fourth-order valence-electron chi connectivity index (χ4n) is 3.15. The summed E-state index contributed by atoms with van der Waals surface area (Å²) >= 11 is 1.14. The molecular weight excluding hydrogens is 472 g/mol. The lowest BCUT2D eigenvalue weighted by Gasteiger charge is -2.12. The molecule has 1 saturated heterocycles. The lowest BCUT2D eigenvalue weighted by atomic mass is 10.2. The van der Waals surface area contributed by atoms with Gasteiger partial charge in [0.05, 0.1) is 35.5 Å². The van der Waals surface area contributed by atoms with Gasteiger partial charge in [-0.15, -0.1) is 5.10 Å². The summed E-state index contributed by atoms with van der Waals surface area (Å²) in [5.41, 5.74) is 1.26. The smallest absolute Gasteiger partial charge is 0.269 e. The Morgan fingerprint density at radius 3 is 2.66 bits per heavy atom. The molecule has 1 aliphatic rings. The number of hydrogen-bond acceptors (Lipinski definition) is 9. The molecule has 3 aromatic rings. The third kappa shape index (κ3) is 5.76. The molecule has 1 N–H and O–H groups in total. The van der Waals surface area contributed by atoms with E-state index in [2.05, 4.69) is 10.2 Å². The number of aromatic hydroxyl groups is 1. The highest BCUT2D eigenvalue weighted by molar-refractivity contribution is 8.18. The number of amidine groups is 1. The summed E-state index contributed by atoms with van der Waals surface area (Å²) in [6, 6.07) is 14.2. The van der Waals surface area contributed by atoms with E-state index in [1.807, 2.05) is 6.92 Å². The number of benzene rings is 2. The van der Waals surface area contributed by atoms with E-state index in [0.717, 1.165) is 11.8 Å². The van der Waals surface area contributed by atoms with Crippen LogP contribution in [0.3, 0.4) is 0 Å². The van der Waals surface area contributed by atoms with Crippen molar-refractivity contribution in [3.63, 3.8) is 0 Å². The summed E-state index contributed by atoms with van der Waals surface area (Å²) in [6.07, 6.45) is 4.65. The standard InChI is InChI=1S/C24H20N4O6S/c1-2-33-21-12-17(7-10-20(21)29)14-25-26-24-27(15-19-4-3-11-34-19)23(30)22(35-24)13-16-5-8-18(9-6-16)28(31)32/h3-14,29H,2,15H2,1H3/b22-13-,25-14-,26-24+. The molecule has 11 heteroatoms. The van der Waals surface area contributed by atoms with Crippen LogP contribution in [0.15, 0.2) is 80.4 Å². The van der Waals surface area contributed by atoms with Crippen molar-refractivity contribution in [3.8, 4) is 11.5 Å². The molecule has 0 bridgehead atoms. The van der Waals surface area contributed by atoms with Crippen molar-refractivity contribution < 1.29 is 24.0 Å². The molecule has 1 fully saturated rings. The highest BCUT2D eigenvalue weighted by Gasteiger charge is 2.34. The number of carbonyl (C=O) groups excluding carboxylic acids is 1. The number of hydrogen-bond donors (Lipinski definition) is 1. The van der Waals surface area contributed by atoms with E-state index in [-0.39, 0.29) is 23.9 Å². The Hall–Kier alpha value is -4.38. The van der Waals surface area contributed by atoms with Crippen molar-refractivity contribution >= 4 is 40.8 Å². The topological polar surface area (TPSA) is 131 Å². The van der Waals surface area contributed by atoms with E-state index >= 15 is 0 Å². The first-order chi connectivity index (χ1) is 16.9. The van der Waals surface area contributed by atoms with Gasteiger partial charge in [-0.2, -0.15) is 5.10 Å². The fourth-order valence-corrected chi connectivity index (χ4v) is 4.09. The van der Waals surface area contributed by atoms with Crippen LogP contribution in [0.5, 0.6) is 11.5 Å². The van der Waals surface area contributed by atoms with Gasteiger partial charge in [0.1, 0.15) is 5.76 Å². The zero-order valence-corrected chi connectivity index (χ0v) is 19.3. The Morgan fingerprint density at radius 2 is 1.97 bits per heavy atom. The monoisotopic (exact) mass is 492 g/mol. The van der Waals surface area contributed by atoms with Crippen LogP contribution in [0.4, 0.5) is 5.69 Å². The molecule has 0 unspecified atom stereocenters. The van der Waals surface area contributed by atoms with E-state index < -0.39 is 4.92 Å². The highest BCUT2D eigenvalue weighted by atomic mass is 32.2.